The number of aromatic nitrogens is 2. The number of urea groups is 2. The fourth-order valence-corrected chi connectivity index (χ4v) is 5.58. The summed E-state index contributed by atoms with van der Waals surface area (Å²) in [6.07, 6.45) is 1.70. The lowest BCUT2D eigenvalue weighted by atomic mass is 9.92. The SMILES string of the molecule is CC(C)(C)c1cc(NC(=O)Nc2cccc3ccccc23)n(-c2ccccc2CNS(=O)(=O)NC(=O)N2CCCC2)n1. The Morgan fingerprint density at radius 2 is 1.60 bits per heavy atom. The Morgan fingerprint density at radius 3 is 2.36 bits per heavy atom. The molecule has 4 amide bonds. The standard InChI is InChI=1S/C30H35N7O4S/c1-30(2,3)26-19-27(33-28(38)32-24-15-10-13-21-11-4-6-14-23(21)24)37(34-26)25-16-7-5-12-22(25)20-31-42(40,41)35-29(39)36-17-8-9-18-36/h4-7,10-16,19,31H,8-9,17-18,20H2,1-3H3,(H,35,39)(H2,32,33,38). The van der Waals surface area contributed by atoms with Gasteiger partial charge in [-0.1, -0.05) is 75.4 Å². The average molecular weight is 590 g/mol. The zero-order chi connectivity index (χ0) is 29.9. The molecule has 0 bridgehead atoms. The molecule has 4 aromatic rings. The molecule has 42 heavy (non-hydrogen) atoms. The van der Waals surface area contributed by atoms with Crippen molar-refractivity contribution in [1.29, 1.82) is 0 Å². The van der Waals surface area contributed by atoms with Gasteiger partial charge in [-0.05, 0) is 35.9 Å². The second-order valence-electron chi connectivity index (χ2n) is 11.2. The highest BCUT2D eigenvalue weighted by Gasteiger charge is 2.25. The van der Waals surface area contributed by atoms with E-state index in [0.717, 1.165) is 29.3 Å². The van der Waals surface area contributed by atoms with E-state index in [2.05, 4.69) is 20.1 Å². The van der Waals surface area contributed by atoms with Gasteiger partial charge < -0.3 is 10.2 Å². The summed E-state index contributed by atoms with van der Waals surface area (Å²) in [6, 6.07) is 21.3. The minimum absolute atomic E-state index is 0.106. The number of nitrogens with one attached hydrogen (secondary N) is 4. The van der Waals surface area contributed by atoms with Crippen LogP contribution in [-0.4, -0.2) is 48.2 Å². The summed E-state index contributed by atoms with van der Waals surface area (Å²) in [4.78, 5) is 27.0. The molecule has 220 valence electrons. The number of para-hydroxylation sites is 1. The third-order valence-corrected chi connectivity index (χ3v) is 8.01. The minimum Gasteiger partial charge on any atom is -0.324 e. The van der Waals surface area contributed by atoms with E-state index in [-0.39, 0.29) is 12.0 Å². The van der Waals surface area contributed by atoms with E-state index in [0.29, 0.717) is 35.8 Å². The smallest absolute Gasteiger partial charge is 0.324 e. The van der Waals surface area contributed by atoms with Gasteiger partial charge >= 0.3 is 22.3 Å². The molecule has 5 rings (SSSR count). The number of fused-ring (bicyclic) bond motifs is 1. The predicted molar refractivity (Wildman–Crippen MR) is 164 cm³/mol. The first-order valence-corrected chi connectivity index (χ1v) is 15.3. The van der Waals surface area contributed by atoms with Gasteiger partial charge in [0.05, 0.1) is 17.1 Å². The van der Waals surface area contributed by atoms with Crippen LogP contribution in [0.2, 0.25) is 0 Å². The van der Waals surface area contributed by atoms with Crippen molar-refractivity contribution in [2.45, 2.75) is 45.6 Å². The fraction of sp³-hybridized carbons (Fsp3) is 0.300. The summed E-state index contributed by atoms with van der Waals surface area (Å²) in [5.41, 5.74) is 2.23. The second kappa shape index (κ2) is 11.8. The van der Waals surface area contributed by atoms with Crippen LogP contribution in [0.25, 0.3) is 16.5 Å². The van der Waals surface area contributed by atoms with Crippen LogP contribution in [0.1, 0.15) is 44.9 Å². The van der Waals surface area contributed by atoms with E-state index in [9.17, 15) is 18.0 Å². The lowest BCUT2D eigenvalue weighted by Gasteiger charge is -2.17. The van der Waals surface area contributed by atoms with E-state index in [1.54, 1.807) is 35.0 Å². The van der Waals surface area contributed by atoms with Gasteiger partial charge in [-0.3, -0.25) is 5.32 Å². The highest BCUT2D eigenvalue weighted by atomic mass is 32.2. The van der Waals surface area contributed by atoms with E-state index < -0.39 is 22.3 Å². The molecule has 4 N–H and O–H groups in total. The number of hydrogen-bond acceptors (Lipinski definition) is 5. The number of likely N-dealkylation sites (tertiary alicyclic amines) is 1. The third kappa shape index (κ3) is 6.72. The van der Waals surface area contributed by atoms with Crippen LogP contribution < -0.4 is 20.1 Å². The summed E-state index contributed by atoms with van der Waals surface area (Å²) in [7, 11) is -4.12. The predicted octanol–water partition coefficient (Wildman–Crippen LogP) is 5.11. The average Bonchev–Trinajstić information content (AvgIpc) is 3.63. The summed E-state index contributed by atoms with van der Waals surface area (Å²) >= 11 is 0. The summed E-state index contributed by atoms with van der Waals surface area (Å²) < 4.78 is 31.5. The molecule has 0 saturated carbocycles. The second-order valence-corrected chi connectivity index (χ2v) is 12.7. The molecule has 0 aliphatic carbocycles. The molecule has 3 aromatic carbocycles. The molecule has 11 nitrogen and oxygen atoms in total. The topological polar surface area (TPSA) is 137 Å². The number of hydrogen-bond donors (Lipinski definition) is 4. The van der Waals surface area contributed by atoms with Gasteiger partial charge in [-0.15, -0.1) is 0 Å². The molecule has 1 aliphatic rings. The number of rotatable bonds is 7. The molecular weight excluding hydrogens is 554 g/mol. The van der Waals surface area contributed by atoms with Crippen molar-refractivity contribution in [3.8, 4) is 5.69 Å². The van der Waals surface area contributed by atoms with Crippen molar-refractivity contribution < 1.29 is 18.0 Å². The Balaban J connectivity index is 1.39. The van der Waals surface area contributed by atoms with Crippen LogP contribution in [0.3, 0.4) is 0 Å². The molecular formula is C30H35N7O4S. The van der Waals surface area contributed by atoms with E-state index in [1.165, 1.54) is 4.90 Å². The number of nitrogens with zero attached hydrogens (tertiary/aromatic N) is 3. The Labute approximate surface area is 245 Å². The third-order valence-electron chi connectivity index (χ3n) is 7.04. The van der Waals surface area contributed by atoms with Crippen LogP contribution in [0, 0.1) is 0 Å². The Bertz CT molecular complexity index is 1720. The van der Waals surface area contributed by atoms with Gasteiger partial charge in [0.25, 0.3) is 0 Å². The van der Waals surface area contributed by atoms with Gasteiger partial charge in [-0.2, -0.15) is 18.2 Å². The molecule has 2 heterocycles. The van der Waals surface area contributed by atoms with Gasteiger partial charge in [0.2, 0.25) is 0 Å². The van der Waals surface area contributed by atoms with Gasteiger partial charge in [-0.25, -0.2) is 19.0 Å². The lowest BCUT2D eigenvalue weighted by molar-refractivity contribution is 0.214. The van der Waals surface area contributed by atoms with Gasteiger partial charge in [0.1, 0.15) is 5.82 Å². The molecule has 1 aromatic heterocycles. The van der Waals surface area contributed by atoms with Gasteiger partial charge in [0.15, 0.2) is 0 Å². The largest absolute Gasteiger partial charge is 0.332 e. The Morgan fingerprint density at radius 1 is 0.905 bits per heavy atom. The number of benzene rings is 3. The van der Waals surface area contributed by atoms with Crippen molar-refractivity contribution in [2.75, 3.05) is 23.7 Å². The highest BCUT2D eigenvalue weighted by molar-refractivity contribution is 7.88. The van der Waals surface area contributed by atoms with E-state index >= 15 is 0 Å². The Kier molecular flexibility index (Phi) is 8.19. The molecule has 0 unspecified atom stereocenters. The highest BCUT2D eigenvalue weighted by Crippen LogP contribution is 2.28. The molecule has 0 radical (unpaired) electrons. The van der Waals surface area contributed by atoms with Gasteiger partial charge in [0, 0.05) is 36.5 Å². The van der Waals surface area contributed by atoms with Crippen LogP contribution in [-0.2, 0) is 22.2 Å². The first kappa shape index (κ1) is 29.1. The van der Waals surface area contributed by atoms with Crippen LogP contribution >= 0.6 is 0 Å². The van der Waals surface area contributed by atoms with Crippen LogP contribution in [0.5, 0.6) is 0 Å². The van der Waals surface area contributed by atoms with Crippen molar-refractivity contribution in [3.63, 3.8) is 0 Å². The summed E-state index contributed by atoms with van der Waals surface area (Å²) in [5.74, 6) is 0.412. The van der Waals surface area contributed by atoms with Crippen LogP contribution in [0.4, 0.5) is 21.1 Å². The first-order valence-electron chi connectivity index (χ1n) is 13.8. The van der Waals surface area contributed by atoms with E-state index in [1.807, 2.05) is 63.2 Å². The lowest BCUT2D eigenvalue weighted by Crippen LogP contribution is -2.46. The maximum Gasteiger partial charge on any atom is 0.332 e. The molecule has 1 saturated heterocycles. The molecule has 0 atom stereocenters. The zero-order valence-electron chi connectivity index (χ0n) is 23.8. The number of carbonyl (C=O) groups is 2. The molecule has 0 spiro atoms. The number of carbonyl (C=O) groups excluding carboxylic acids is 2. The van der Waals surface area contributed by atoms with Crippen LogP contribution in [0.15, 0.2) is 72.8 Å². The number of anilines is 2. The molecule has 12 heteroatoms. The maximum atomic E-state index is 13.2. The van der Waals surface area contributed by atoms with E-state index in [4.69, 9.17) is 5.10 Å². The molecule has 1 fully saturated rings. The minimum atomic E-state index is -4.12. The van der Waals surface area contributed by atoms with Crippen molar-refractivity contribution in [2.24, 2.45) is 0 Å². The van der Waals surface area contributed by atoms with Crippen molar-refractivity contribution in [3.05, 3.63) is 84.1 Å². The monoisotopic (exact) mass is 589 g/mol. The maximum absolute atomic E-state index is 13.2. The zero-order valence-corrected chi connectivity index (χ0v) is 24.7. The first-order chi connectivity index (χ1) is 20.0. The number of amides is 4. The fourth-order valence-electron chi connectivity index (χ4n) is 4.80. The molecule has 1 aliphatic heterocycles. The summed E-state index contributed by atoms with van der Waals surface area (Å²) in [5, 5.41) is 12.6. The van der Waals surface area contributed by atoms with Crippen molar-refractivity contribution in [1.82, 2.24) is 24.1 Å². The Hall–Kier alpha value is -4.42. The van der Waals surface area contributed by atoms with Crippen molar-refractivity contribution >= 4 is 44.5 Å². The normalized spacial score (nSPS) is 13.7. The summed E-state index contributed by atoms with van der Waals surface area (Å²) in [6.45, 7) is 7.01. The quantitative estimate of drug-likeness (QED) is 0.238.